The molecule has 0 atom stereocenters. The summed E-state index contributed by atoms with van der Waals surface area (Å²) in [6, 6.07) is 23.0. The predicted octanol–water partition coefficient (Wildman–Crippen LogP) is 3.85. The second-order valence-corrected chi connectivity index (χ2v) is 5.86. The van der Waals surface area contributed by atoms with Crippen LogP contribution in [0.25, 0.3) is 5.57 Å². The second-order valence-electron chi connectivity index (χ2n) is 5.86. The van der Waals surface area contributed by atoms with Crippen molar-refractivity contribution in [2.75, 3.05) is 0 Å². The Bertz CT molecular complexity index is 851. The summed E-state index contributed by atoms with van der Waals surface area (Å²) >= 11 is 0. The number of benzene rings is 3. The number of hydrogen-bond donors (Lipinski definition) is 3. The molecule has 0 aliphatic rings. The predicted molar refractivity (Wildman–Crippen MR) is 102 cm³/mol. The zero-order valence-corrected chi connectivity index (χ0v) is 14.1. The summed E-state index contributed by atoms with van der Waals surface area (Å²) in [4.78, 5) is 12.4. The van der Waals surface area contributed by atoms with Crippen molar-refractivity contribution in [3.05, 3.63) is 102 Å². The van der Waals surface area contributed by atoms with Gasteiger partial charge in [0, 0.05) is 12.6 Å². The van der Waals surface area contributed by atoms with Gasteiger partial charge >= 0.3 is 0 Å². The molecule has 0 saturated carbocycles. The zero-order chi connectivity index (χ0) is 18.4. The minimum atomic E-state index is -0.218. The summed E-state index contributed by atoms with van der Waals surface area (Å²) in [6.45, 7) is 0.439. The molecule has 3 aromatic rings. The molecular formula is C22H19NO3. The molecule has 3 aromatic carbocycles. The van der Waals surface area contributed by atoms with E-state index in [4.69, 9.17) is 0 Å². The lowest BCUT2D eigenvalue weighted by Gasteiger charge is -2.10. The molecule has 4 nitrogen and oxygen atoms in total. The van der Waals surface area contributed by atoms with E-state index in [0.29, 0.717) is 12.1 Å². The van der Waals surface area contributed by atoms with Gasteiger partial charge < -0.3 is 15.5 Å². The molecule has 0 bridgehead atoms. The Balaban J connectivity index is 1.86. The van der Waals surface area contributed by atoms with Gasteiger partial charge in [-0.2, -0.15) is 0 Å². The molecule has 26 heavy (non-hydrogen) atoms. The third-order valence-electron chi connectivity index (χ3n) is 3.94. The number of amides is 1. The minimum Gasteiger partial charge on any atom is -0.508 e. The van der Waals surface area contributed by atoms with Crippen LogP contribution in [0.1, 0.15) is 16.7 Å². The lowest BCUT2D eigenvalue weighted by Crippen LogP contribution is -2.20. The molecule has 0 aliphatic heterocycles. The highest BCUT2D eigenvalue weighted by Gasteiger charge is 2.09. The van der Waals surface area contributed by atoms with E-state index in [1.54, 1.807) is 48.5 Å². The fraction of sp³-hybridized carbons (Fsp3) is 0.0455. The Kier molecular flexibility index (Phi) is 5.34. The monoisotopic (exact) mass is 345 g/mol. The Morgan fingerprint density at radius 1 is 0.769 bits per heavy atom. The van der Waals surface area contributed by atoms with Gasteiger partial charge in [0.1, 0.15) is 11.5 Å². The van der Waals surface area contributed by atoms with E-state index in [9.17, 15) is 15.0 Å². The fourth-order valence-electron chi connectivity index (χ4n) is 2.58. The van der Waals surface area contributed by atoms with E-state index in [1.165, 1.54) is 6.08 Å². The Hall–Kier alpha value is -3.53. The first kappa shape index (κ1) is 17.3. The number of nitrogens with one attached hydrogen (secondary N) is 1. The van der Waals surface area contributed by atoms with Crippen molar-refractivity contribution in [3.63, 3.8) is 0 Å². The van der Waals surface area contributed by atoms with Crippen LogP contribution in [-0.2, 0) is 11.3 Å². The van der Waals surface area contributed by atoms with Crippen molar-refractivity contribution in [2.24, 2.45) is 0 Å². The van der Waals surface area contributed by atoms with Gasteiger partial charge in [0.25, 0.3) is 0 Å². The van der Waals surface area contributed by atoms with Crippen LogP contribution in [0.2, 0.25) is 0 Å². The largest absolute Gasteiger partial charge is 0.508 e. The van der Waals surface area contributed by atoms with Crippen molar-refractivity contribution in [1.82, 2.24) is 5.32 Å². The van der Waals surface area contributed by atoms with Gasteiger partial charge in [-0.15, -0.1) is 0 Å². The summed E-state index contributed by atoms with van der Waals surface area (Å²) in [7, 11) is 0. The molecule has 0 aliphatic carbocycles. The molecule has 0 radical (unpaired) electrons. The molecule has 4 heteroatoms. The summed E-state index contributed by atoms with van der Waals surface area (Å²) in [5, 5.41) is 21.9. The number of rotatable bonds is 5. The number of carbonyl (C=O) groups is 1. The van der Waals surface area contributed by atoms with E-state index in [0.717, 1.165) is 16.7 Å². The molecule has 1 amide bonds. The van der Waals surface area contributed by atoms with Crippen LogP contribution in [0.5, 0.6) is 11.5 Å². The van der Waals surface area contributed by atoms with Gasteiger partial charge in [-0.05, 0) is 46.5 Å². The quantitative estimate of drug-likeness (QED) is 0.615. The fourth-order valence-corrected chi connectivity index (χ4v) is 2.58. The Morgan fingerprint density at radius 3 is 1.77 bits per heavy atom. The molecule has 0 unspecified atom stereocenters. The van der Waals surface area contributed by atoms with Crippen LogP contribution >= 0.6 is 0 Å². The molecule has 0 spiro atoms. The molecular weight excluding hydrogens is 326 g/mol. The van der Waals surface area contributed by atoms with E-state index in [1.807, 2.05) is 30.3 Å². The maximum absolute atomic E-state index is 12.4. The van der Waals surface area contributed by atoms with Gasteiger partial charge in [-0.1, -0.05) is 54.6 Å². The van der Waals surface area contributed by atoms with Gasteiger partial charge in [0.15, 0.2) is 0 Å². The van der Waals surface area contributed by atoms with Crippen molar-refractivity contribution in [1.29, 1.82) is 0 Å². The average Bonchev–Trinajstić information content (AvgIpc) is 2.67. The van der Waals surface area contributed by atoms with Crippen molar-refractivity contribution < 1.29 is 15.0 Å². The number of hydrogen-bond acceptors (Lipinski definition) is 3. The standard InChI is InChI=1S/C22H19NO3/c24-19-10-6-17(7-11-19)21(18-8-12-20(25)13-9-18)14-22(26)23-15-16-4-2-1-3-5-16/h1-14,24-25H,15H2,(H,23,26). The van der Waals surface area contributed by atoms with E-state index in [-0.39, 0.29) is 17.4 Å². The smallest absolute Gasteiger partial charge is 0.244 e. The van der Waals surface area contributed by atoms with Gasteiger partial charge in [0.05, 0.1) is 0 Å². The van der Waals surface area contributed by atoms with E-state index >= 15 is 0 Å². The van der Waals surface area contributed by atoms with Crippen LogP contribution in [0, 0.1) is 0 Å². The number of aromatic hydroxyl groups is 2. The first-order valence-corrected chi connectivity index (χ1v) is 8.24. The number of phenolic OH excluding ortho intramolecular Hbond substituents is 2. The van der Waals surface area contributed by atoms with Crippen LogP contribution in [-0.4, -0.2) is 16.1 Å². The maximum Gasteiger partial charge on any atom is 0.244 e. The second kappa shape index (κ2) is 8.03. The summed E-state index contributed by atoms with van der Waals surface area (Å²) < 4.78 is 0. The van der Waals surface area contributed by atoms with Crippen molar-refractivity contribution in [2.45, 2.75) is 6.54 Å². The van der Waals surface area contributed by atoms with Crippen LogP contribution < -0.4 is 5.32 Å². The van der Waals surface area contributed by atoms with Gasteiger partial charge in [-0.25, -0.2) is 0 Å². The highest BCUT2D eigenvalue weighted by Crippen LogP contribution is 2.26. The zero-order valence-electron chi connectivity index (χ0n) is 14.1. The van der Waals surface area contributed by atoms with Crippen molar-refractivity contribution in [3.8, 4) is 11.5 Å². The molecule has 0 saturated heterocycles. The molecule has 3 rings (SSSR count). The van der Waals surface area contributed by atoms with Crippen LogP contribution in [0.15, 0.2) is 84.9 Å². The normalized spacial score (nSPS) is 10.2. The summed E-state index contributed by atoms with van der Waals surface area (Å²) in [5.74, 6) is 0.102. The third-order valence-corrected chi connectivity index (χ3v) is 3.94. The SMILES string of the molecule is O=C(C=C(c1ccc(O)cc1)c1ccc(O)cc1)NCc1ccccc1. The summed E-state index contributed by atoms with van der Waals surface area (Å²) in [5.41, 5.74) is 3.31. The van der Waals surface area contributed by atoms with E-state index in [2.05, 4.69) is 5.32 Å². The Labute approximate surface area is 152 Å². The highest BCUT2D eigenvalue weighted by molar-refractivity contribution is 5.99. The molecule has 3 N–H and O–H groups in total. The first-order valence-electron chi connectivity index (χ1n) is 8.24. The minimum absolute atomic E-state index is 0.160. The number of carbonyl (C=O) groups excluding carboxylic acids is 1. The van der Waals surface area contributed by atoms with Crippen LogP contribution in [0.4, 0.5) is 0 Å². The van der Waals surface area contributed by atoms with E-state index < -0.39 is 0 Å². The lowest BCUT2D eigenvalue weighted by molar-refractivity contribution is -0.116. The highest BCUT2D eigenvalue weighted by atomic mass is 16.3. The topological polar surface area (TPSA) is 69.6 Å². The third kappa shape index (κ3) is 4.51. The van der Waals surface area contributed by atoms with Crippen molar-refractivity contribution >= 4 is 11.5 Å². The first-order chi connectivity index (χ1) is 12.6. The molecule has 130 valence electrons. The van der Waals surface area contributed by atoms with Crippen LogP contribution in [0.3, 0.4) is 0 Å². The van der Waals surface area contributed by atoms with Gasteiger partial charge in [0.2, 0.25) is 5.91 Å². The van der Waals surface area contributed by atoms with Gasteiger partial charge in [-0.3, -0.25) is 4.79 Å². The average molecular weight is 345 g/mol. The summed E-state index contributed by atoms with van der Waals surface area (Å²) in [6.07, 6.45) is 1.53. The molecule has 0 fully saturated rings. The maximum atomic E-state index is 12.4. The number of phenols is 2. The lowest BCUT2D eigenvalue weighted by atomic mass is 9.97. The molecule has 0 heterocycles. The Morgan fingerprint density at radius 2 is 1.27 bits per heavy atom. The molecule has 0 aromatic heterocycles.